The maximum atomic E-state index is 15.0. The number of amides is 1. The number of rotatable bonds is 5. The van der Waals surface area contributed by atoms with E-state index < -0.39 is 0 Å². The first kappa shape index (κ1) is 20.8. The predicted molar refractivity (Wildman–Crippen MR) is 115 cm³/mol. The maximum Gasteiger partial charge on any atom is 0.259 e. The number of hydrogen-bond acceptors (Lipinski definition) is 5. The fourth-order valence-electron chi connectivity index (χ4n) is 4.02. The third-order valence-corrected chi connectivity index (χ3v) is 5.72. The number of pyridine rings is 1. The fourth-order valence-corrected chi connectivity index (χ4v) is 4.02. The van der Waals surface area contributed by atoms with E-state index in [0.717, 1.165) is 42.8 Å². The van der Waals surface area contributed by atoms with E-state index >= 15 is 4.39 Å². The van der Waals surface area contributed by atoms with Crippen molar-refractivity contribution in [2.45, 2.75) is 51.5 Å². The summed E-state index contributed by atoms with van der Waals surface area (Å²) in [6.45, 7) is 3.43. The van der Waals surface area contributed by atoms with Crippen LogP contribution in [0.15, 0.2) is 22.7 Å². The molecule has 0 bridgehead atoms. The SMILES string of the molecule is CCCc1noc2nc(C3CC3)cc(C(=O)Nc3ccc4c(c3F)CCNC4)c12.Cl. The van der Waals surface area contributed by atoms with Gasteiger partial charge >= 0.3 is 0 Å². The van der Waals surface area contributed by atoms with Crippen LogP contribution in [-0.2, 0) is 19.4 Å². The van der Waals surface area contributed by atoms with Gasteiger partial charge in [-0.25, -0.2) is 9.37 Å². The van der Waals surface area contributed by atoms with Crippen LogP contribution in [0.1, 0.15) is 65.0 Å². The van der Waals surface area contributed by atoms with Crippen LogP contribution in [-0.4, -0.2) is 22.6 Å². The maximum absolute atomic E-state index is 15.0. The largest absolute Gasteiger partial charge is 0.336 e. The third-order valence-electron chi connectivity index (χ3n) is 5.72. The number of aryl methyl sites for hydroxylation is 1. The van der Waals surface area contributed by atoms with Gasteiger partial charge in [-0.1, -0.05) is 24.6 Å². The first-order valence-corrected chi connectivity index (χ1v) is 10.3. The molecule has 0 saturated heterocycles. The Labute approximate surface area is 180 Å². The van der Waals surface area contributed by atoms with Gasteiger partial charge in [-0.05, 0) is 55.5 Å². The van der Waals surface area contributed by atoms with Crippen molar-refractivity contribution in [3.63, 3.8) is 0 Å². The summed E-state index contributed by atoms with van der Waals surface area (Å²) in [6, 6.07) is 5.34. The molecule has 3 heterocycles. The Morgan fingerprint density at radius 2 is 2.20 bits per heavy atom. The molecule has 30 heavy (non-hydrogen) atoms. The summed E-state index contributed by atoms with van der Waals surface area (Å²) in [4.78, 5) is 17.8. The molecule has 1 aliphatic carbocycles. The Morgan fingerprint density at radius 3 is 2.97 bits per heavy atom. The van der Waals surface area contributed by atoms with Crippen molar-refractivity contribution in [3.05, 3.63) is 52.1 Å². The van der Waals surface area contributed by atoms with Crippen LogP contribution in [0.25, 0.3) is 11.1 Å². The monoisotopic (exact) mass is 430 g/mol. The van der Waals surface area contributed by atoms with Crippen molar-refractivity contribution in [1.29, 1.82) is 0 Å². The number of carbonyl (C=O) groups excluding carboxylic acids is 1. The highest BCUT2D eigenvalue weighted by Crippen LogP contribution is 2.40. The van der Waals surface area contributed by atoms with Crippen molar-refractivity contribution >= 4 is 35.1 Å². The second-order valence-corrected chi connectivity index (χ2v) is 7.87. The Hall–Kier alpha value is -2.51. The number of benzene rings is 1. The van der Waals surface area contributed by atoms with Crippen LogP contribution >= 0.6 is 12.4 Å². The Balaban J connectivity index is 0.00000218. The average Bonchev–Trinajstić information content (AvgIpc) is 3.51. The van der Waals surface area contributed by atoms with E-state index in [1.807, 2.05) is 19.1 Å². The van der Waals surface area contributed by atoms with Gasteiger partial charge < -0.3 is 15.2 Å². The van der Waals surface area contributed by atoms with E-state index in [0.29, 0.717) is 47.5 Å². The van der Waals surface area contributed by atoms with Crippen molar-refractivity contribution in [3.8, 4) is 0 Å². The molecule has 0 atom stereocenters. The smallest absolute Gasteiger partial charge is 0.259 e. The summed E-state index contributed by atoms with van der Waals surface area (Å²) in [6.07, 6.45) is 4.30. The number of aromatic nitrogens is 2. The molecular formula is C22H24ClFN4O2. The lowest BCUT2D eigenvalue weighted by Crippen LogP contribution is -2.25. The number of fused-ring (bicyclic) bond motifs is 2. The minimum atomic E-state index is -0.354. The number of halogens is 2. The van der Waals surface area contributed by atoms with Gasteiger partial charge in [0.2, 0.25) is 0 Å². The van der Waals surface area contributed by atoms with Gasteiger partial charge in [-0.2, -0.15) is 0 Å². The molecule has 2 aromatic heterocycles. The molecule has 1 saturated carbocycles. The number of anilines is 1. The van der Waals surface area contributed by atoms with Gasteiger partial charge in [-0.3, -0.25) is 4.79 Å². The van der Waals surface area contributed by atoms with Gasteiger partial charge in [0, 0.05) is 18.2 Å². The fraction of sp³-hybridized carbons (Fsp3) is 0.409. The molecule has 158 valence electrons. The summed E-state index contributed by atoms with van der Waals surface area (Å²) in [7, 11) is 0. The quantitative estimate of drug-likeness (QED) is 0.622. The normalized spacial score (nSPS) is 15.5. The van der Waals surface area contributed by atoms with E-state index in [4.69, 9.17) is 4.52 Å². The van der Waals surface area contributed by atoms with Crippen LogP contribution in [0.4, 0.5) is 10.1 Å². The summed E-state index contributed by atoms with van der Waals surface area (Å²) < 4.78 is 20.5. The summed E-state index contributed by atoms with van der Waals surface area (Å²) in [5.41, 5.74) is 4.25. The van der Waals surface area contributed by atoms with Crippen molar-refractivity contribution in [2.24, 2.45) is 0 Å². The zero-order valence-corrected chi connectivity index (χ0v) is 17.6. The highest BCUT2D eigenvalue weighted by molar-refractivity contribution is 6.12. The van der Waals surface area contributed by atoms with Gasteiger partial charge in [-0.15, -0.1) is 12.4 Å². The predicted octanol–water partition coefficient (Wildman–Crippen LogP) is 4.51. The van der Waals surface area contributed by atoms with Crippen LogP contribution in [0.2, 0.25) is 0 Å². The second kappa shape index (κ2) is 8.32. The lowest BCUT2D eigenvalue weighted by atomic mass is 9.99. The van der Waals surface area contributed by atoms with E-state index in [9.17, 15) is 4.79 Å². The number of nitrogens with one attached hydrogen (secondary N) is 2. The van der Waals surface area contributed by atoms with E-state index in [-0.39, 0.29) is 29.8 Å². The zero-order chi connectivity index (χ0) is 20.0. The molecule has 5 rings (SSSR count). The molecule has 0 radical (unpaired) electrons. The minimum absolute atomic E-state index is 0. The highest BCUT2D eigenvalue weighted by atomic mass is 35.5. The van der Waals surface area contributed by atoms with E-state index in [2.05, 4.69) is 20.8 Å². The molecular weight excluding hydrogens is 407 g/mol. The van der Waals surface area contributed by atoms with Gasteiger partial charge in [0.05, 0.1) is 22.3 Å². The molecule has 1 aromatic carbocycles. The van der Waals surface area contributed by atoms with Crippen LogP contribution in [0.5, 0.6) is 0 Å². The van der Waals surface area contributed by atoms with Crippen molar-refractivity contribution in [2.75, 3.05) is 11.9 Å². The van der Waals surface area contributed by atoms with Crippen LogP contribution in [0.3, 0.4) is 0 Å². The summed E-state index contributed by atoms with van der Waals surface area (Å²) in [5.74, 6) is -0.338. The second-order valence-electron chi connectivity index (χ2n) is 7.87. The van der Waals surface area contributed by atoms with Crippen LogP contribution in [0, 0.1) is 5.82 Å². The molecule has 2 N–H and O–H groups in total. The molecule has 6 nitrogen and oxygen atoms in total. The van der Waals surface area contributed by atoms with E-state index in [1.54, 1.807) is 6.07 Å². The molecule has 1 aliphatic heterocycles. The molecule has 1 amide bonds. The van der Waals surface area contributed by atoms with Crippen LogP contribution < -0.4 is 10.6 Å². The molecule has 1 fully saturated rings. The summed E-state index contributed by atoms with van der Waals surface area (Å²) in [5, 5.41) is 10.8. The average molecular weight is 431 g/mol. The molecule has 0 spiro atoms. The molecule has 8 heteroatoms. The van der Waals surface area contributed by atoms with Gasteiger partial charge in [0.1, 0.15) is 5.82 Å². The van der Waals surface area contributed by atoms with Gasteiger partial charge in [0.25, 0.3) is 11.6 Å². The Bertz CT molecular complexity index is 1110. The molecule has 3 aromatic rings. The number of carbonyl (C=O) groups is 1. The standard InChI is InChI=1S/C22H23FN4O2.ClH/c1-2-3-16-19-15(10-18(12-4-5-12)26-22(19)29-27-16)21(28)25-17-7-6-13-11-24-9-8-14(13)20(17)23;/h6-7,10,12,24H,2-5,8-9,11H2,1H3,(H,25,28);1H. The number of nitrogens with zero attached hydrogens (tertiary/aromatic N) is 2. The Morgan fingerprint density at radius 1 is 1.37 bits per heavy atom. The number of hydrogen-bond donors (Lipinski definition) is 2. The van der Waals surface area contributed by atoms with Gasteiger partial charge in [0.15, 0.2) is 0 Å². The lowest BCUT2D eigenvalue weighted by molar-refractivity contribution is 0.102. The van der Waals surface area contributed by atoms with Crippen molar-refractivity contribution < 1.29 is 13.7 Å². The third kappa shape index (κ3) is 3.68. The molecule has 2 aliphatic rings. The highest BCUT2D eigenvalue weighted by Gasteiger charge is 2.29. The van der Waals surface area contributed by atoms with Crippen molar-refractivity contribution in [1.82, 2.24) is 15.5 Å². The summed E-state index contributed by atoms with van der Waals surface area (Å²) >= 11 is 0. The van der Waals surface area contributed by atoms with E-state index in [1.165, 1.54) is 0 Å². The minimum Gasteiger partial charge on any atom is -0.336 e. The molecule has 0 unspecified atom stereocenters. The topological polar surface area (TPSA) is 80.0 Å². The first-order chi connectivity index (χ1) is 14.2. The lowest BCUT2D eigenvalue weighted by Gasteiger charge is -2.19. The Kier molecular flexibility index (Phi) is 5.75. The first-order valence-electron chi connectivity index (χ1n) is 10.3. The zero-order valence-electron chi connectivity index (χ0n) is 16.8.